The predicted octanol–water partition coefficient (Wildman–Crippen LogP) is 1.75. The van der Waals surface area contributed by atoms with E-state index < -0.39 is 0 Å². The maximum absolute atomic E-state index is 11.9. The van der Waals surface area contributed by atoms with Crippen molar-refractivity contribution in [1.82, 2.24) is 15.5 Å². The van der Waals surface area contributed by atoms with Gasteiger partial charge in [0.1, 0.15) is 0 Å². The summed E-state index contributed by atoms with van der Waals surface area (Å²) < 4.78 is 0.702. The van der Waals surface area contributed by atoms with E-state index in [4.69, 9.17) is 5.73 Å². The van der Waals surface area contributed by atoms with Crippen LogP contribution in [0.15, 0.2) is 41.0 Å². The Hall–Kier alpha value is -1.95. The first-order valence-electron chi connectivity index (χ1n) is 5.26. The third-order valence-corrected chi connectivity index (χ3v) is 2.98. The minimum absolute atomic E-state index is 0.208. The van der Waals surface area contributed by atoms with Crippen molar-refractivity contribution >= 4 is 27.5 Å². The van der Waals surface area contributed by atoms with Gasteiger partial charge in [0.2, 0.25) is 0 Å². The predicted molar refractivity (Wildman–Crippen MR) is 71.8 cm³/mol. The Kier molecular flexibility index (Phi) is 3.88. The van der Waals surface area contributed by atoms with E-state index in [0.717, 1.165) is 0 Å². The van der Waals surface area contributed by atoms with Crippen molar-refractivity contribution in [2.75, 3.05) is 5.73 Å². The highest BCUT2D eigenvalue weighted by Crippen LogP contribution is 2.19. The number of hydrogen-bond acceptors (Lipinski definition) is 4. The highest BCUT2D eigenvalue weighted by Gasteiger charge is 2.10. The van der Waals surface area contributed by atoms with Crippen LogP contribution < -0.4 is 11.1 Å². The van der Waals surface area contributed by atoms with Gasteiger partial charge in [0, 0.05) is 16.4 Å². The fourth-order valence-corrected chi connectivity index (χ4v) is 1.84. The number of benzene rings is 1. The molecular weight excluding hydrogens is 296 g/mol. The van der Waals surface area contributed by atoms with Crippen LogP contribution >= 0.6 is 15.9 Å². The van der Waals surface area contributed by atoms with E-state index in [1.54, 1.807) is 36.5 Å². The average Bonchev–Trinajstić information content (AvgIpc) is 2.40. The van der Waals surface area contributed by atoms with E-state index in [-0.39, 0.29) is 5.91 Å². The first kappa shape index (κ1) is 12.5. The number of nitrogens with two attached hydrogens (primary N) is 1. The fourth-order valence-electron chi connectivity index (χ4n) is 1.41. The van der Waals surface area contributed by atoms with Gasteiger partial charge in [0.05, 0.1) is 17.8 Å². The molecule has 92 valence electrons. The second-order valence-corrected chi connectivity index (χ2v) is 4.49. The SMILES string of the molecule is Nc1ccc(Br)c(C(=O)NCc2cccnn2)c1. The molecule has 0 radical (unpaired) electrons. The first-order chi connectivity index (χ1) is 8.66. The van der Waals surface area contributed by atoms with Crippen LogP contribution in [-0.2, 0) is 6.54 Å². The van der Waals surface area contributed by atoms with Crippen LogP contribution in [0.1, 0.15) is 16.1 Å². The minimum Gasteiger partial charge on any atom is -0.399 e. The lowest BCUT2D eigenvalue weighted by atomic mass is 10.2. The molecule has 2 aromatic rings. The highest BCUT2D eigenvalue weighted by molar-refractivity contribution is 9.10. The Balaban J connectivity index is 2.06. The van der Waals surface area contributed by atoms with Crippen LogP contribution in [0.3, 0.4) is 0 Å². The van der Waals surface area contributed by atoms with E-state index in [9.17, 15) is 4.79 Å². The summed E-state index contributed by atoms with van der Waals surface area (Å²) in [5.74, 6) is -0.208. The topological polar surface area (TPSA) is 80.9 Å². The molecule has 0 bridgehead atoms. The van der Waals surface area contributed by atoms with Crippen molar-refractivity contribution < 1.29 is 4.79 Å². The third-order valence-electron chi connectivity index (χ3n) is 2.29. The Labute approximate surface area is 113 Å². The molecule has 0 aliphatic carbocycles. The summed E-state index contributed by atoms with van der Waals surface area (Å²) >= 11 is 3.31. The zero-order valence-electron chi connectivity index (χ0n) is 9.43. The number of nitrogen functional groups attached to an aromatic ring is 1. The van der Waals surface area contributed by atoms with Crippen molar-refractivity contribution in [3.63, 3.8) is 0 Å². The molecule has 0 atom stereocenters. The summed E-state index contributed by atoms with van der Waals surface area (Å²) in [7, 11) is 0. The normalized spacial score (nSPS) is 10.1. The van der Waals surface area contributed by atoms with Crippen LogP contribution in [0.2, 0.25) is 0 Å². The van der Waals surface area contributed by atoms with Gasteiger partial charge >= 0.3 is 0 Å². The van der Waals surface area contributed by atoms with Gasteiger partial charge in [-0.15, -0.1) is 0 Å². The number of amides is 1. The summed E-state index contributed by atoms with van der Waals surface area (Å²) in [6, 6.07) is 8.65. The van der Waals surface area contributed by atoms with Crippen molar-refractivity contribution in [1.29, 1.82) is 0 Å². The molecule has 0 unspecified atom stereocenters. The highest BCUT2D eigenvalue weighted by atomic mass is 79.9. The Morgan fingerprint density at radius 3 is 2.94 bits per heavy atom. The lowest BCUT2D eigenvalue weighted by Gasteiger charge is -2.07. The molecule has 0 saturated heterocycles. The zero-order chi connectivity index (χ0) is 13.0. The van der Waals surface area contributed by atoms with Crippen molar-refractivity contribution in [3.05, 3.63) is 52.3 Å². The summed E-state index contributed by atoms with van der Waals surface area (Å²) in [6.07, 6.45) is 1.58. The zero-order valence-corrected chi connectivity index (χ0v) is 11.0. The molecule has 3 N–H and O–H groups in total. The third kappa shape index (κ3) is 3.04. The van der Waals surface area contributed by atoms with E-state index in [1.165, 1.54) is 0 Å². The summed E-state index contributed by atoms with van der Waals surface area (Å²) in [4.78, 5) is 11.9. The molecule has 6 heteroatoms. The van der Waals surface area contributed by atoms with Gasteiger partial charge in [-0.3, -0.25) is 4.79 Å². The van der Waals surface area contributed by atoms with Gasteiger partial charge < -0.3 is 11.1 Å². The molecule has 5 nitrogen and oxygen atoms in total. The lowest BCUT2D eigenvalue weighted by molar-refractivity contribution is 0.0949. The Morgan fingerprint density at radius 1 is 1.39 bits per heavy atom. The van der Waals surface area contributed by atoms with Crippen molar-refractivity contribution in [2.24, 2.45) is 0 Å². The monoisotopic (exact) mass is 306 g/mol. The molecule has 1 aromatic heterocycles. The second kappa shape index (κ2) is 5.59. The minimum atomic E-state index is -0.208. The van der Waals surface area contributed by atoms with Crippen LogP contribution in [0.25, 0.3) is 0 Å². The molecule has 0 spiro atoms. The molecule has 0 fully saturated rings. The van der Waals surface area contributed by atoms with Crippen LogP contribution in [-0.4, -0.2) is 16.1 Å². The van der Waals surface area contributed by atoms with E-state index in [1.807, 2.05) is 0 Å². The number of carbonyl (C=O) groups excluding carboxylic acids is 1. The van der Waals surface area contributed by atoms with Crippen LogP contribution in [0, 0.1) is 0 Å². The summed E-state index contributed by atoms with van der Waals surface area (Å²) in [5.41, 5.74) is 7.39. The fraction of sp³-hybridized carbons (Fsp3) is 0.0833. The maximum Gasteiger partial charge on any atom is 0.252 e. The van der Waals surface area contributed by atoms with Gasteiger partial charge in [-0.05, 0) is 46.3 Å². The number of hydrogen-bond donors (Lipinski definition) is 2. The number of halogens is 1. The summed E-state index contributed by atoms with van der Waals surface area (Å²) in [6.45, 7) is 0.327. The van der Waals surface area contributed by atoms with E-state index in [2.05, 4.69) is 31.4 Å². The Bertz CT molecular complexity index is 559. The molecule has 2 rings (SSSR count). The number of nitrogens with one attached hydrogen (secondary N) is 1. The van der Waals surface area contributed by atoms with Crippen molar-refractivity contribution in [2.45, 2.75) is 6.54 Å². The van der Waals surface area contributed by atoms with Gasteiger partial charge in [0.15, 0.2) is 0 Å². The number of aromatic nitrogens is 2. The van der Waals surface area contributed by atoms with Crippen LogP contribution in [0.4, 0.5) is 5.69 Å². The van der Waals surface area contributed by atoms with Gasteiger partial charge in [-0.2, -0.15) is 10.2 Å². The van der Waals surface area contributed by atoms with Gasteiger partial charge in [-0.25, -0.2) is 0 Å². The maximum atomic E-state index is 11.9. The van der Waals surface area contributed by atoms with Gasteiger partial charge in [0.25, 0.3) is 5.91 Å². The summed E-state index contributed by atoms with van der Waals surface area (Å²) in [5, 5.41) is 10.4. The Morgan fingerprint density at radius 2 is 2.22 bits per heavy atom. The van der Waals surface area contributed by atoms with E-state index >= 15 is 0 Å². The number of carbonyl (C=O) groups is 1. The molecule has 0 aliphatic rings. The number of anilines is 1. The molecular formula is C12H11BrN4O. The standard InChI is InChI=1S/C12H11BrN4O/c13-11-4-3-8(14)6-10(11)12(18)15-7-9-2-1-5-16-17-9/h1-6H,7,14H2,(H,15,18). The number of nitrogens with zero attached hydrogens (tertiary/aromatic N) is 2. The molecule has 1 aromatic carbocycles. The van der Waals surface area contributed by atoms with Crippen molar-refractivity contribution in [3.8, 4) is 0 Å². The van der Waals surface area contributed by atoms with Gasteiger partial charge in [-0.1, -0.05) is 0 Å². The lowest BCUT2D eigenvalue weighted by Crippen LogP contribution is -2.23. The molecule has 0 aliphatic heterocycles. The molecule has 0 saturated carbocycles. The molecule has 1 heterocycles. The average molecular weight is 307 g/mol. The second-order valence-electron chi connectivity index (χ2n) is 3.64. The smallest absolute Gasteiger partial charge is 0.252 e. The first-order valence-corrected chi connectivity index (χ1v) is 6.06. The van der Waals surface area contributed by atoms with Crippen LogP contribution in [0.5, 0.6) is 0 Å². The largest absolute Gasteiger partial charge is 0.399 e. The number of rotatable bonds is 3. The van der Waals surface area contributed by atoms with E-state index in [0.29, 0.717) is 28.0 Å². The molecule has 18 heavy (non-hydrogen) atoms. The molecule has 1 amide bonds. The quantitative estimate of drug-likeness (QED) is 0.847.